The van der Waals surface area contributed by atoms with Crippen LogP contribution in [0.1, 0.15) is 54.9 Å². The zero-order valence-electron chi connectivity index (χ0n) is 19.2. The molecule has 33 heavy (non-hydrogen) atoms. The number of nitrogens with zero attached hydrogens (tertiary/aromatic N) is 4. The molecule has 0 radical (unpaired) electrons. The molecule has 3 aromatic rings. The molecule has 7 heteroatoms. The Bertz CT molecular complexity index is 1130. The van der Waals surface area contributed by atoms with Crippen LogP contribution in [-0.2, 0) is 0 Å². The number of piperidine rings is 1. The van der Waals surface area contributed by atoms with E-state index in [2.05, 4.69) is 14.9 Å². The lowest BCUT2D eigenvalue weighted by Crippen LogP contribution is -2.38. The van der Waals surface area contributed by atoms with Gasteiger partial charge in [-0.3, -0.25) is 14.3 Å². The SMILES string of the molecule is O=C(c1cccnc1)N1CCC[C@H](CCN2CCC(n3c(=O)[nH]c4ccccc43)CC2)CC1. The van der Waals surface area contributed by atoms with Gasteiger partial charge in [0.15, 0.2) is 0 Å². The van der Waals surface area contributed by atoms with Gasteiger partial charge >= 0.3 is 5.69 Å². The second-order valence-corrected chi connectivity index (χ2v) is 9.51. The number of fused-ring (bicyclic) bond motifs is 1. The van der Waals surface area contributed by atoms with Crippen LogP contribution in [0.2, 0.25) is 0 Å². The van der Waals surface area contributed by atoms with E-state index in [4.69, 9.17) is 0 Å². The Hall–Kier alpha value is -2.93. The van der Waals surface area contributed by atoms with Crippen LogP contribution in [0.15, 0.2) is 53.6 Å². The summed E-state index contributed by atoms with van der Waals surface area (Å²) in [6.07, 6.45) is 9.93. The highest BCUT2D eigenvalue weighted by Crippen LogP contribution is 2.27. The van der Waals surface area contributed by atoms with Crippen molar-refractivity contribution in [1.82, 2.24) is 24.3 Å². The highest BCUT2D eigenvalue weighted by atomic mass is 16.2. The van der Waals surface area contributed by atoms with Crippen LogP contribution in [0.5, 0.6) is 0 Å². The number of benzene rings is 1. The monoisotopic (exact) mass is 447 g/mol. The topological polar surface area (TPSA) is 74.2 Å². The molecule has 1 amide bonds. The minimum absolute atomic E-state index is 0.0125. The molecule has 5 rings (SSSR count). The fourth-order valence-corrected chi connectivity index (χ4v) is 5.53. The third-order valence-corrected chi connectivity index (χ3v) is 7.44. The van der Waals surface area contributed by atoms with Crippen molar-refractivity contribution in [2.75, 3.05) is 32.7 Å². The molecular weight excluding hydrogens is 414 g/mol. The molecule has 1 atom stereocenters. The number of aromatic amines is 1. The van der Waals surface area contributed by atoms with Gasteiger partial charge in [0.2, 0.25) is 0 Å². The van der Waals surface area contributed by atoms with Gasteiger partial charge in [0.1, 0.15) is 0 Å². The molecule has 0 unspecified atom stereocenters. The number of nitrogens with one attached hydrogen (secondary N) is 1. The second-order valence-electron chi connectivity index (χ2n) is 9.51. The molecule has 2 aromatic heterocycles. The Morgan fingerprint density at radius 1 is 1.00 bits per heavy atom. The van der Waals surface area contributed by atoms with Crippen molar-refractivity contribution in [3.05, 3.63) is 64.8 Å². The lowest BCUT2D eigenvalue weighted by molar-refractivity contribution is 0.0759. The van der Waals surface area contributed by atoms with Crippen LogP contribution in [0.4, 0.5) is 0 Å². The Morgan fingerprint density at radius 2 is 1.85 bits per heavy atom. The number of para-hydroxylation sites is 2. The van der Waals surface area contributed by atoms with E-state index in [-0.39, 0.29) is 17.6 Å². The summed E-state index contributed by atoms with van der Waals surface area (Å²) in [6.45, 7) is 4.86. The molecular formula is C26H33N5O2. The Labute approximate surface area is 194 Å². The number of imidazole rings is 1. The summed E-state index contributed by atoms with van der Waals surface area (Å²) in [5.74, 6) is 0.781. The van der Waals surface area contributed by atoms with E-state index >= 15 is 0 Å². The van der Waals surface area contributed by atoms with E-state index in [1.807, 2.05) is 45.9 Å². The van der Waals surface area contributed by atoms with Crippen LogP contribution in [-0.4, -0.2) is 63.0 Å². The highest BCUT2D eigenvalue weighted by molar-refractivity contribution is 5.93. The molecule has 2 saturated heterocycles. The summed E-state index contributed by atoms with van der Waals surface area (Å²) in [5.41, 5.74) is 2.64. The molecule has 2 aliphatic rings. The average molecular weight is 448 g/mol. The van der Waals surface area contributed by atoms with E-state index < -0.39 is 0 Å². The lowest BCUT2D eigenvalue weighted by Gasteiger charge is -2.33. The number of carbonyl (C=O) groups excluding carboxylic acids is 1. The number of rotatable bonds is 5. The Balaban J connectivity index is 1.10. The molecule has 0 saturated carbocycles. The maximum absolute atomic E-state index is 12.7. The molecule has 0 spiro atoms. The number of aromatic nitrogens is 3. The molecule has 0 bridgehead atoms. The molecule has 174 valence electrons. The zero-order valence-corrected chi connectivity index (χ0v) is 19.2. The molecule has 1 N–H and O–H groups in total. The van der Waals surface area contributed by atoms with E-state index in [0.29, 0.717) is 11.5 Å². The first-order valence-corrected chi connectivity index (χ1v) is 12.3. The van der Waals surface area contributed by atoms with E-state index in [9.17, 15) is 9.59 Å². The van der Waals surface area contributed by atoms with Crippen molar-refractivity contribution in [2.24, 2.45) is 5.92 Å². The van der Waals surface area contributed by atoms with Gasteiger partial charge in [-0.1, -0.05) is 12.1 Å². The largest absolute Gasteiger partial charge is 0.339 e. The molecule has 2 aliphatic heterocycles. The third-order valence-electron chi connectivity index (χ3n) is 7.44. The molecule has 0 aliphatic carbocycles. The summed E-state index contributed by atoms with van der Waals surface area (Å²) >= 11 is 0. The van der Waals surface area contributed by atoms with Gasteiger partial charge in [-0.15, -0.1) is 0 Å². The number of pyridine rings is 1. The van der Waals surface area contributed by atoms with Gasteiger partial charge in [-0.2, -0.15) is 0 Å². The van der Waals surface area contributed by atoms with E-state index in [0.717, 1.165) is 69.4 Å². The number of hydrogen-bond acceptors (Lipinski definition) is 4. The summed E-state index contributed by atoms with van der Waals surface area (Å²) < 4.78 is 1.96. The van der Waals surface area contributed by atoms with Crippen LogP contribution in [0.25, 0.3) is 11.0 Å². The first-order valence-electron chi connectivity index (χ1n) is 12.3. The van der Waals surface area contributed by atoms with E-state index in [1.165, 1.54) is 12.8 Å². The van der Waals surface area contributed by atoms with Crippen molar-refractivity contribution in [3.63, 3.8) is 0 Å². The van der Waals surface area contributed by atoms with Crippen molar-refractivity contribution < 1.29 is 4.79 Å². The number of likely N-dealkylation sites (tertiary alicyclic amines) is 2. The minimum Gasteiger partial charge on any atom is -0.339 e. The number of hydrogen-bond donors (Lipinski definition) is 1. The first-order chi connectivity index (χ1) is 16.2. The quantitative estimate of drug-likeness (QED) is 0.647. The number of carbonyl (C=O) groups is 1. The van der Waals surface area contributed by atoms with Gasteiger partial charge < -0.3 is 14.8 Å². The second kappa shape index (κ2) is 9.91. The van der Waals surface area contributed by atoms with Crippen molar-refractivity contribution in [2.45, 2.75) is 44.6 Å². The number of amides is 1. The molecule has 1 aromatic carbocycles. The fourth-order valence-electron chi connectivity index (χ4n) is 5.53. The zero-order chi connectivity index (χ0) is 22.6. The molecule has 7 nitrogen and oxygen atoms in total. The maximum Gasteiger partial charge on any atom is 0.326 e. The lowest BCUT2D eigenvalue weighted by atomic mass is 9.96. The summed E-state index contributed by atoms with van der Waals surface area (Å²) in [4.78, 5) is 36.9. The Kier molecular flexibility index (Phi) is 6.58. The van der Waals surface area contributed by atoms with Gasteiger partial charge in [-0.05, 0) is 75.3 Å². The normalized spacial score (nSPS) is 20.7. The van der Waals surface area contributed by atoms with Crippen molar-refractivity contribution in [3.8, 4) is 0 Å². The summed E-state index contributed by atoms with van der Waals surface area (Å²) in [5, 5.41) is 0. The van der Waals surface area contributed by atoms with Gasteiger partial charge in [0.05, 0.1) is 16.6 Å². The predicted octanol–water partition coefficient (Wildman–Crippen LogP) is 3.69. The Morgan fingerprint density at radius 3 is 2.67 bits per heavy atom. The van der Waals surface area contributed by atoms with Crippen LogP contribution >= 0.6 is 0 Å². The predicted molar refractivity (Wildman–Crippen MR) is 129 cm³/mol. The standard InChI is InChI=1S/C26H33N5O2/c32-25(21-6-3-13-27-19-21)30-14-4-5-20(10-18-30)9-15-29-16-11-22(12-17-29)31-24-8-2-1-7-23(24)28-26(31)33/h1-3,6-8,13,19-20,22H,4-5,9-12,14-18H2,(H,28,33)/t20-/m1/s1. The van der Waals surface area contributed by atoms with Crippen LogP contribution in [0.3, 0.4) is 0 Å². The van der Waals surface area contributed by atoms with Crippen molar-refractivity contribution in [1.29, 1.82) is 0 Å². The summed E-state index contributed by atoms with van der Waals surface area (Å²) in [7, 11) is 0. The van der Waals surface area contributed by atoms with Crippen LogP contribution in [0, 0.1) is 5.92 Å². The van der Waals surface area contributed by atoms with Gasteiger partial charge in [-0.25, -0.2) is 4.79 Å². The van der Waals surface area contributed by atoms with Gasteiger partial charge in [0, 0.05) is 44.6 Å². The molecule has 2 fully saturated rings. The maximum atomic E-state index is 12.7. The van der Waals surface area contributed by atoms with Crippen molar-refractivity contribution >= 4 is 16.9 Å². The molecule has 4 heterocycles. The van der Waals surface area contributed by atoms with Gasteiger partial charge in [0.25, 0.3) is 5.91 Å². The smallest absolute Gasteiger partial charge is 0.326 e. The van der Waals surface area contributed by atoms with E-state index in [1.54, 1.807) is 12.4 Å². The minimum atomic E-state index is 0.0125. The highest BCUT2D eigenvalue weighted by Gasteiger charge is 2.25. The average Bonchev–Trinajstić information content (AvgIpc) is 3.02. The summed E-state index contributed by atoms with van der Waals surface area (Å²) in [6, 6.07) is 11.9. The third kappa shape index (κ3) is 4.88. The van der Waals surface area contributed by atoms with Crippen LogP contribution < -0.4 is 5.69 Å². The number of H-pyrrole nitrogens is 1. The first kappa shape index (κ1) is 21.9. The fraction of sp³-hybridized carbons (Fsp3) is 0.500.